The van der Waals surface area contributed by atoms with Crippen molar-refractivity contribution in [2.75, 3.05) is 26.2 Å². The predicted molar refractivity (Wildman–Crippen MR) is 57.7 cm³/mol. The van der Waals surface area contributed by atoms with E-state index in [2.05, 4.69) is 32.6 Å². The highest BCUT2D eigenvalue weighted by Crippen LogP contribution is 2.30. The first-order valence-corrected chi connectivity index (χ1v) is 5.27. The molecule has 1 heterocycles. The summed E-state index contributed by atoms with van der Waals surface area (Å²) < 4.78 is 0. The van der Waals surface area contributed by atoms with E-state index >= 15 is 0 Å². The monoisotopic (exact) mass is 184 g/mol. The van der Waals surface area contributed by atoms with Crippen molar-refractivity contribution in [2.45, 2.75) is 34.1 Å². The Kier molecular flexibility index (Phi) is 3.03. The molecule has 0 amide bonds. The molecule has 0 aromatic heterocycles. The molecule has 0 spiro atoms. The molecule has 2 nitrogen and oxygen atoms in total. The van der Waals surface area contributed by atoms with Crippen LogP contribution in [0.3, 0.4) is 0 Å². The van der Waals surface area contributed by atoms with Gasteiger partial charge in [-0.05, 0) is 30.3 Å². The molecule has 0 saturated carbocycles. The largest absolute Gasteiger partial charge is 0.330 e. The first-order valence-electron chi connectivity index (χ1n) is 5.27. The molecule has 1 aliphatic heterocycles. The Morgan fingerprint density at radius 2 is 2.00 bits per heavy atom. The van der Waals surface area contributed by atoms with Crippen LogP contribution in [0.5, 0.6) is 0 Å². The minimum atomic E-state index is 0.278. The van der Waals surface area contributed by atoms with E-state index in [-0.39, 0.29) is 5.41 Å². The molecular formula is C11H24N2. The molecule has 0 radical (unpaired) electrons. The van der Waals surface area contributed by atoms with Crippen LogP contribution in [0.2, 0.25) is 0 Å². The average molecular weight is 184 g/mol. The van der Waals surface area contributed by atoms with Crippen LogP contribution >= 0.6 is 0 Å². The van der Waals surface area contributed by atoms with Gasteiger partial charge in [0.2, 0.25) is 0 Å². The van der Waals surface area contributed by atoms with Crippen LogP contribution in [0.25, 0.3) is 0 Å². The maximum atomic E-state index is 5.73. The second kappa shape index (κ2) is 3.58. The van der Waals surface area contributed by atoms with Crippen molar-refractivity contribution < 1.29 is 0 Å². The summed E-state index contributed by atoms with van der Waals surface area (Å²) in [4.78, 5) is 2.55. The van der Waals surface area contributed by atoms with Crippen LogP contribution in [0.15, 0.2) is 0 Å². The summed E-state index contributed by atoms with van der Waals surface area (Å²) >= 11 is 0. The fourth-order valence-electron chi connectivity index (χ4n) is 2.03. The van der Waals surface area contributed by atoms with Crippen molar-refractivity contribution in [3.8, 4) is 0 Å². The maximum Gasteiger partial charge on any atom is 0.00450 e. The molecule has 0 atom stereocenters. The molecular weight excluding hydrogens is 160 g/mol. The molecule has 0 unspecified atom stereocenters. The summed E-state index contributed by atoms with van der Waals surface area (Å²) in [5, 5.41) is 0. The molecule has 1 saturated heterocycles. The Labute approximate surface area is 82.5 Å². The minimum Gasteiger partial charge on any atom is -0.330 e. The van der Waals surface area contributed by atoms with Crippen LogP contribution in [-0.2, 0) is 0 Å². The fourth-order valence-corrected chi connectivity index (χ4v) is 2.03. The standard InChI is InChI=1S/C11H24N2/c1-10(2)5-6-13(8-10)9-11(3,4)7-12/h5-9,12H2,1-4H3. The Bertz CT molecular complexity index is 173. The highest BCUT2D eigenvalue weighted by molar-refractivity contribution is 4.85. The zero-order chi connectivity index (χ0) is 10.1. The van der Waals surface area contributed by atoms with Gasteiger partial charge in [0, 0.05) is 13.1 Å². The highest BCUT2D eigenvalue weighted by atomic mass is 15.2. The lowest BCUT2D eigenvalue weighted by Gasteiger charge is -2.29. The molecule has 0 aromatic carbocycles. The first kappa shape index (κ1) is 11.0. The summed E-state index contributed by atoms with van der Waals surface area (Å²) in [6.07, 6.45) is 1.33. The van der Waals surface area contributed by atoms with Crippen molar-refractivity contribution in [1.29, 1.82) is 0 Å². The van der Waals surface area contributed by atoms with E-state index in [0.29, 0.717) is 5.41 Å². The van der Waals surface area contributed by atoms with E-state index in [9.17, 15) is 0 Å². The molecule has 1 fully saturated rings. The number of nitrogens with zero attached hydrogens (tertiary/aromatic N) is 1. The molecule has 0 aromatic rings. The molecule has 2 N–H and O–H groups in total. The lowest BCUT2D eigenvalue weighted by atomic mass is 9.92. The maximum absolute atomic E-state index is 5.73. The van der Waals surface area contributed by atoms with Gasteiger partial charge in [0.05, 0.1) is 0 Å². The number of hydrogen-bond acceptors (Lipinski definition) is 2. The Morgan fingerprint density at radius 1 is 1.38 bits per heavy atom. The van der Waals surface area contributed by atoms with Crippen LogP contribution in [-0.4, -0.2) is 31.1 Å². The zero-order valence-electron chi connectivity index (χ0n) is 9.56. The van der Waals surface area contributed by atoms with Gasteiger partial charge >= 0.3 is 0 Å². The lowest BCUT2D eigenvalue weighted by molar-refractivity contribution is 0.199. The van der Waals surface area contributed by atoms with Crippen molar-refractivity contribution >= 4 is 0 Å². The molecule has 1 aliphatic rings. The molecule has 1 rings (SSSR count). The van der Waals surface area contributed by atoms with Gasteiger partial charge in [-0.2, -0.15) is 0 Å². The Morgan fingerprint density at radius 3 is 2.38 bits per heavy atom. The third-order valence-corrected chi connectivity index (χ3v) is 2.96. The molecule has 2 heteroatoms. The molecule has 0 aliphatic carbocycles. The topological polar surface area (TPSA) is 29.3 Å². The lowest BCUT2D eigenvalue weighted by Crippen LogP contribution is -2.38. The van der Waals surface area contributed by atoms with Gasteiger partial charge in [0.15, 0.2) is 0 Å². The number of likely N-dealkylation sites (tertiary alicyclic amines) is 1. The van der Waals surface area contributed by atoms with E-state index < -0.39 is 0 Å². The van der Waals surface area contributed by atoms with E-state index in [0.717, 1.165) is 13.1 Å². The van der Waals surface area contributed by atoms with Crippen LogP contribution in [0, 0.1) is 10.8 Å². The van der Waals surface area contributed by atoms with Crippen LogP contribution < -0.4 is 5.73 Å². The summed E-state index contributed by atoms with van der Waals surface area (Å²) in [5.41, 5.74) is 6.52. The van der Waals surface area contributed by atoms with E-state index in [1.165, 1.54) is 19.5 Å². The Balaban J connectivity index is 2.40. The average Bonchev–Trinajstić information content (AvgIpc) is 2.29. The van der Waals surface area contributed by atoms with Crippen LogP contribution in [0.1, 0.15) is 34.1 Å². The third-order valence-electron chi connectivity index (χ3n) is 2.96. The van der Waals surface area contributed by atoms with E-state index in [1.807, 2.05) is 0 Å². The number of nitrogens with two attached hydrogens (primary N) is 1. The van der Waals surface area contributed by atoms with Gasteiger partial charge in [-0.25, -0.2) is 0 Å². The molecule has 0 bridgehead atoms. The third kappa shape index (κ3) is 3.28. The fraction of sp³-hybridized carbons (Fsp3) is 1.00. The summed E-state index contributed by atoms with van der Waals surface area (Å²) in [5.74, 6) is 0. The first-order chi connectivity index (χ1) is 5.85. The van der Waals surface area contributed by atoms with Crippen molar-refractivity contribution in [3.05, 3.63) is 0 Å². The van der Waals surface area contributed by atoms with Crippen molar-refractivity contribution in [3.63, 3.8) is 0 Å². The summed E-state index contributed by atoms with van der Waals surface area (Å²) in [6.45, 7) is 13.6. The molecule has 13 heavy (non-hydrogen) atoms. The van der Waals surface area contributed by atoms with Gasteiger partial charge < -0.3 is 10.6 Å². The second-order valence-electron chi connectivity index (χ2n) is 5.99. The quantitative estimate of drug-likeness (QED) is 0.723. The second-order valence-corrected chi connectivity index (χ2v) is 5.99. The number of hydrogen-bond donors (Lipinski definition) is 1. The van der Waals surface area contributed by atoms with Gasteiger partial charge in [-0.3, -0.25) is 0 Å². The van der Waals surface area contributed by atoms with Crippen molar-refractivity contribution in [2.24, 2.45) is 16.6 Å². The number of rotatable bonds is 3. The smallest absolute Gasteiger partial charge is 0.00450 e. The highest BCUT2D eigenvalue weighted by Gasteiger charge is 2.31. The Hall–Kier alpha value is -0.0800. The summed E-state index contributed by atoms with van der Waals surface area (Å²) in [6, 6.07) is 0. The summed E-state index contributed by atoms with van der Waals surface area (Å²) in [7, 11) is 0. The van der Waals surface area contributed by atoms with Gasteiger partial charge in [0.1, 0.15) is 0 Å². The normalized spacial score (nSPS) is 23.8. The zero-order valence-corrected chi connectivity index (χ0v) is 9.56. The van der Waals surface area contributed by atoms with Crippen molar-refractivity contribution in [1.82, 2.24) is 4.90 Å². The predicted octanol–water partition coefficient (Wildman–Crippen LogP) is 1.70. The van der Waals surface area contributed by atoms with Gasteiger partial charge in [-0.15, -0.1) is 0 Å². The SMILES string of the molecule is CC(C)(CN)CN1CCC(C)(C)C1. The van der Waals surface area contributed by atoms with Crippen LogP contribution in [0.4, 0.5) is 0 Å². The van der Waals surface area contributed by atoms with E-state index in [4.69, 9.17) is 5.73 Å². The van der Waals surface area contributed by atoms with Gasteiger partial charge in [0.25, 0.3) is 0 Å². The molecule has 78 valence electrons. The van der Waals surface area contributed by atoms with E-state index in [1.54, 1.807) is 0 Å². The minimum absolute atomic E-state index is 0.278. The van der Waals surface area contributed by atoms with Gasteiger partial charge in [-0.1, -0.05) is 27.7 Å².